The molecule has 0 aliphatic carbocycles. The second-order valence-corrected chi connectivity index (χ2v) is 8.38. The molecule has 1 saturated heterocycles. The maximum absolute atomic E-state index is 13.0. The van der Waals surface area contributed by atoms with Crippen molar-refractivity contribution in [3.63, 3.8) is 0 Å². The molecule has 1 atom stereocenters. The first-order chi connectivity index (χ1) is 10.8. The van der Waals surface area contributed by atoms with E-state index in [0.717, 1.165) is 0 Å². The number of hydrogen-bond acceptors (Lipinski definition) is 4. The molecule has 6 nitrogen and oxygen atoms in total. The van der Waals surface area contributed by atoms with Gasteiger partial charge in [0.05, 0.1) is 17.1 Å². The van der Waals surface area contributed by atoms with E-state index >= 15 is 0 Å². The predicted octanol–water partition coefficient (Wildman–Crippen LogP) is 1.01. The molecule has 0 aromatic heterocycles. The van der Waals surface area contributed by atoms with Crippen molar-refractivity contribution in [3.05, 3.63) is 34.1 Å². The monoisotopic (exact) mass is 406 g/mol. The summed E-state index contributed by atoms with van der Waals surface area (Å²) in [7, 11) is -3.04. The van der Waals surface area contributed by atoms with Gasteiger partial charge in [0.1, 0.15) is 5.82 Å². The van der Waals surface area contributed by atoms with E-state index in [-0.39, 0.29) is 42.0 Å². The summed E-state index contributed by atoms with van der Waals surface area (Å²) in [6.07, 6.45) is 0.462. The maximum Gasteiger partial charge on any atom is 0.252 e. The van der Waals surface area contributed by atoms with E-state index in [2.05, 4.69) is 26.6 Å². The lowest BCUT2D eigenvalue weighted by Crippen LogP contribution is -2.37. The number of amides is 2. The maximum atomic E-state index is 13.0. The number of sulfone groups is 1. The van der Waals surface area contributed by atoms with Gasteiger partial charge in [0, 0.05) is 23.5 Å². The Labute approximate surface area is 141 Å². The van der Waals surface area contributed by atoms with Crippen LogP contribution in [0.25, 0.3) is 0 Å². The van der Waals surface area contributed by atoms with Crippen LogP contribution in [0.5, 0.6) is 0 Å². The smallest absolute Gasteiger partial charge is 0.252 e. The molecule has 2 amide bonds. The van der Waals surface area contributed by atoms with Crippen LogP contribution < -0.4 is 10.6 Å². The van der Waals surface area contributed by atoms with Crippen molar-refractivity contribution in [1.29, 1.82) is 0 Å². The first kappa shape index (κ1) is 17.9. The van der Waals surface area contributed by atoms with E-state index in [0.29, 0.717) is 10.9 Å². The van der Waals surface area contributed by atoms with Crippen molar-refractivity contribution in [2.24, 2.45) is 0 Å². The standard InChI is InChI=1S/C14H16BrFN2O4S/c15-12-7-9(16)1-2-11(12)14(20)17-5-3-13(19)18-10-4-6-23(21,22)8-10/h1-2,7,10H,3-6,8H2,(H,17,20)(H,18,19)/t10-/m0/s1. The number of benzene rings is 1. The quantitative estimate of drug-likeness (QED) is 0.762. The van der Waals surface area contributed by atoms with Crippen molar-refractivity contribution in [3.8, 4) is 0 Å². The molecular weight excluding hydrogens is 391 g/mol. The largest absolute Gasteiger partial charge is 0.352 e. The van der Waals surface area contributed by atoms with Crippen molar-refractivity contribution < 1.29 is 22.4 Å². The molecule has 1 aliphatic heterocycles. The average Bonchev–Trinajstić information content (AvgIpc) is 2.77. The summed E-state index contributed by atoms with van der Waals surface area (Å²) in [5, 5.41) is 5.20. The van der Waals surface area contributed by atoms with Crippen LogP contribution in [-0.2, 0) is 14.6 Å². The molecule has 126 valence electrons. The SMILES string of the molecule is O=C(CCNC(=O)c1ccc(F)cc1Br)N[C@H]1CCS(=O)(=O)C1. The van der Waals surface area contributed by atoms with Crippen LogP contribution in [0.1, 0.15) is 23.2 Å². The molecule has 2 rings (SSSR count). The Hall–Kier alpha value is -1.48. The summed E-state index contributed by atoms with van der Waals surface area (Å²) < 4.78 is 35.9. The molecule has 1 heterocycles. The highest BCUT2D eigenvalue weighted by molar-refractivity contribution is 9.10. The number of rotatable bonds is 5. The Bertz CT molecular complexity index is 723. The summed E-state index contributed by atoms with van der Waals surface area (Å²) in [6.45, 7) is 0.105. The molecule has 0 spiro atoms. The summed E-state index contributed by atoms with van der Waals surface area (Å²) in [6, 6.07) is 3.35. The third kappa shape index (κ3) is 5.28. The van der Waals surface area contributed by atoms with Gasteiger partial charge in [0.2, 0.25) is 5.91 Å². The number of hydrogen-bond donors (Lipinski definition) is 2. The highest BCUT2D eigenvalue weighted by atomic mass is 79.9. The first-order valence-electron chi connectivity index (χ1n) is 7.00. The first-order valence-corrected chi connectivity index (χ1v) is 9.61. The third-order valence-electron chi connectivity index (χ3n) is 3.41. The van der Waals surface area contributed by atoms with Gasteiger partial charge in [-0.3, -0.25) is 9.59 Å². The zero-order valence-electron chi connectivity index (χ0n) is 12.1. The molecule has 23 heavy (non-hydrogen) atoms. The number of carbonyl (C=O) groups is 2. The Morgan fingerprint density at radius 1 is 1.35 bits per heavy atom. The molecule has 1 fully saturated rings. The minimum Gasteiger partial charge on any atom is -0.352 e. The van der Waals surface area contributed by atoms with Crippen LogP contribution in [0.2, 0.25) is 0 Å². The van der Waals surface area contributed by atoms with Gasteiger partial charge in [-0.05, 0) is 40.5 Å². The molecule has 9 heteroatoms. The lowest BCUT2D eigenvalue weighted by atomic mass is 10.2. The van der Waals surface area contributed by atoms with E-state index in [1.807, 2.05) is 0 Å². The van der Waals surface area contributed by atoms with Gasteiger partial charge >= 0.3 is 0 Å². The molecule has 0 saturated carbocycles. The summed E-state index contributed by atoms with van der Waals surface area (Å²) in [5.41, 5.74) is 0.272. The van der Waals surface area contributed by atoms with Crippen molar-refractivity contribution >= 4 is 37.6 Å². The van der Waals surface area contributed by atoms with E-state index in [1.165, 1.54) is 18.2 Å². The minimum atomic E-state index is -3.04. The lowest BCUT2D eigenvalue weighted by molar-refractivity contribution is -0.121. The van der Waals surface area contributed by atoms with Gasteiger partial charge in [0.15, 0.2) is 9.84 Å². The summed E-state index contributed by atoms with van der Waals surface area (Å²) in [5.74, 6) is -1.14. The molecule has 0 radical (unpaired) electrons. The van der Waals surface area contributed by atoms with Gasteiger partial charge in [-0.25, -0.2) is 12.8 Å². The summed E-state index contributed by atoms with van der Waals surface area (Å²) in [4.78, 5) is 23.6. The van der Waals surface area contributed by atoms with E-state index < -0.39 is 21.6 Å². The Morgan fingerprint density at radius 2 is 2.09 bits per heavy atom. The van der Waals surface area contributed by atoms with Gasteiger partial charge in [0.25, 0.3) is 5.91 Å². The predicted molar refractivity (Wildman–Crippen MR) is 86.3 cm³/mol. The van der Waals surface area contributed by atoms with Crippen molar-refractivity contribution in [2.75, 3.05) is 18.1 Å². The topological polar surface area (TPSA) is 92.3 Å². The normalized spacial score (nSPS) is 19.3. The zero-order valence-corrected chi connectivity index (χ0v) is 14.5. The van der Waals surface area contributed by atoms with Crippen molar-refractivity contribution in [2.45, 2.75) is 18.9 Å². The Kier molecular flexibility index (Phi) is 5.74. The van der Waals surface area contributed by atoms with Crippen LogP contribution >= 0.6 is 15.9 Å². The molecule has 1 aliphatic rings. The van der Waals surface area contributed by atoms with Gasteiger partial charge < -0.3 is 10.6 Å². The number of nitrogens with one attached hydrogen (secondary N) is 2. The van der Waals surface area contributed by atoms with Gasteiger partial charge in [-0.1, -0.05) is 0 Å². The van der Waals surface area contributed by atoms with Crippen LogP contribution in [0.15, 0.2) is 22.7 Å². The van der Waals surface area contributed by atoms with E-state index in [1.54, 1.807) is 0 Å². The lowest BCUT2D eigenvalue weighted by Gasteiger charge is -2.11. The number of halogens is 2. The highest BCUT2D eigenvalue weighted by Crippen LogP contribution is 2.17. The number of carbonyl (C=O) groups excluding carboxylic acids is 2. The molecule has 2 N–H and O–H groups in total. The highest BCUT2D eigenvalue weighted by Gasteiger charge is 2.28. The second kappa shape index (κ2) is 7.39. The van der Waals surface area contributed by atoms with Gasteiger partial charge in [-0.15, -0.1) is 0 Å². The van der Waals surface area contributed by atoms with E-state index in [9.17, 15) is 22.4 Å². The Balaban J connectivity index is 1.76. The molecule has 1 aromatic carbocycles. The van der Waals surface area contributed by atoms with Crippen LogP contribution in [0, 0.1) is 5.82 Å². The zero-order chi connectivity index (χ0) is 17.0. The molecule has 0 bridgehead atoms. The fraction of sp³-hybridized carbons (Fsp3) is 0.429. The van der Waals surface area contributed by atoms with Crippen LogP contribution in [-0.4, -0.2) is 44.3 Å². The average molecular weight is 407 g/mol. The Morgan fingerprint density at radius 3 is 2.70 bits per heavy atom. The molecule has 1 aromatic rings. The fourth-order valence-electron chi connectivity index (χ4n) is 2.27. The molecule has 0 unspecified atom stereocenters. The van der Waals surface area contributed by atoms with E-state index in [4.69, 9.17) is 0 Å². The van der Waals surface area contributed by atoms with Crippen LogP contribution in [0.3, 0.4) is 0 Å². The minimum absolute atomic E-state index is 0.0341. The fourth-order valence-corrected chi connectivity index (χ4v) is 4.47. The second-order valence-electron chi connectivity index (χ2n) is 5.30. The molecular formula is C14H16BrFN2O4S. The summed E-state index contributed by atoms with van der Waals surface area (Å²) >= 11 is 3.10. The van der Waals surface area contributed by atoms with Gasteiger partial charge in [-0.2, -0.15) is 0 Å². The third-order valence-corrected chi connectivity index (χ3v) is 5.83. The van der Waals surface area contributed by atoms with Crippen molar-refractivity contribution in [1.82, 2.24) is 10.6 Å². The van der Waals surface area contributed by atoms with Crippen LogP contribution in [0.4, 0.5) is 4.39 Å².